The maximum absolute atomic E-state index is 11.3. The predicted molar refractivity (Wildman–Crippen MR) is 65.0 cm³/mol. The van der Waals surface area contributed by atoms with E-state index in [0.29, 0.717) is 15.7 Å². The third kappa shape index (κ3) is 2.44. The Bertz CT molecular complexity index is 667. The summed E-state index contributed by atoms with van der Waals surface area (Å²) in [7, 11) is -3.87. The highest BCUT2D eigenvalue weighted by Gasteiger charge is 2.17. The van der Waals surface area contributed by atoms with Gasteiger partial charge in [-0.3, -0.25) is 0 Å². The van der Waals surface area contributed by atoms with Crippen molar-refractivity contribution in [2.24, 2.45) is 5.14 Å². The molecule has 0 saturated heterocycles. The summed E-state index contributed by atoms with van der Waals surface area (Å²) in [6, 6.07) is 5.93. The highest BCUT2D eigenvalue weighted by atomic mass is 35.5. The molecule has 2 rings (SSSR count). The van der Waals surface area contributed by atoms with Crippen LogP contribution in [-0.4, -0.2) is 18.2 Å². The summed E-state index contributed by atoms with van der Waals surface area (Å²) < 4.78 is 23.8. The SMILES string of the molecule is NS(=O)(=O)c1ccnn1-c1cc(Cl)ccc1Cl. The summed E-state index contributed by atoms with van der Waals surface area (Å²) >= 11 is 11.8. The number of hydrogen-bond acceptors (Lipinski definition) is 3. The third-order valence-electron chi connectivity index (χ3n) is 2.04. The fraction of sp³-hybridized carbons (Fsp3) is 0. The number of benzene rings is 1. The Balaban J connectivity index is 2.70. The van der Waals surface area contributed by atoms with E-state index < -0.39 is 10.0 Å². The van der Waals surface area contributed by atoms with Crippen molar-refractivity contribution in [3.05, 3.63) is 40.5 Å². The van der Waals surface area contributed by atoms with Gasteiger partial charge >= 0.3 is 0 Å². The summed E-state index contributed by atoms with van der Waals surface area (Å²) in [5, 5.41) is 9.52. The molecule has 0 bridgehead atoms. The molecule has 1 aromatic carbocycles. The van der Waals surface area contributed by atoms with Gasteiger partial charge in [-0.1, -0.05) is 23.2 Å². The minimum atomic E-state index is -3.87. The van der Waals surface area contributed by atoms with Gasteiger partial charge < -0.3 is 0 Å². The topological polar surface area (TPSA) is 78.0 Å². The molecule has 1 aromatic heterocycles. The molecular weight excluding hydrogens is 285 g/mol. The average molecular weight is 292 g/mol. The van der Waals surface area contributed by atoms with Gasteiger partial charge in [-0.25, -0.2) is 18.2 Å². The summed E-state index contributed by atoms with van der Waals surface area (Å²) in [6.07, 6.45) is 1.32. The van der Waals surface area contributed by atoms with Gasteiger partial charge in [0.1, 0.15) is 0 Å². The van der Waals surface area contributed by atoms with Crippen LogP contribution in [0.1, 0.15) is 0 Å². The average Bonchev–Trinajstić information content (AvgIpc) is 2.69. The molecule has 0 saturated carbocycles. The van der Waals surface area contributed by atoms with Crippen molar-refractivity contribution in [3.63, 3.8) is 0 Å². The van der Waals surface area contributed by atoms with Gasteiger partial charge in [0.2, 0.25) is 0 Å². The van der Waals surface area contributed by atoms with Gasteiger partial charge in [-0.15, -0.1) is 0 Å². The number of aromatic nitrogens is 2. The van der Waals surface area contributed by atoms with Crippen LogP contribution in [0.25, 0.3) is 5.69 Å². The van der Waals surface area contributed by atoms with Crippen LogP contribution < -0.4 is 5.14 Å². The Morgan fingerprint density at radius 2 is 1.94 bits per heavy atom. The van der Waals surface area contributed by atoms with E-state index in [9.17, 15) is 8.42 Å². The molecule has 0 fully saturated rings. The van der Waals surface area contributed by atoms with Crippen LogP contribution in [-0.2, 0) is 10.0 Å². The lowest BCUT2D eigenvalue weighted by atomic mass is 10.3. The van der Waals surface area contributed by atoms with Crippen LogP contribution in [0.5, 0.6) is 0 Å². The second-order valence-corrected chi connectivity index (χ2v) is 5.57. The van der Waals surface area contributed by atoms with Crippen LogP contribution in [0.15, 0.2) is 35.5 Å². The Hall–Kier alpha value is -1.08. The number of rotatable bonds is 2. The zero-order valence-corrected chi connectivity index (χ0v) is 10.7. The number of hydrogen-bond donors (Lipinski definition) is 1. The molecule has 2 N–H and O–H groups in total. The van der Waals surface area contributed by atoms with E-state index in [1.165, 1.54) is 18.3 Å². The molecule has 0 amide bonds. The Kier molecular flexibility index (Phi) is 3.13. The molecular formula is C9H7Cl2N3O2S. The van der Waals surface area contributed by atoms with Crippen molar-refractivity contribution in [3.8, 4) is 5.69 Å². The molecule has 17 heavy (non-hydrogen) atoms. The van der Waals surface area contributed by atoms with Gasteiger partial charge in [-0.2, -0.15) is 5.10 Å². The van der Waals surface area contributed by atoms with Gasteiger partial charge in [0.05, 0.1) is 16.9 Å². The lowest BCUT2D eigenvalue weighted by Gasteiger charge is -2.08. The number of halogens is 2. The standard InChI is InChI=1S/C9H7Cl2N3O2S/c10-6-1-2-7(11)8(5-6)14-9(3-4-13-14)17(12,15)16/h1-5H,(H2,12,15,16). The van der Waals surface area contributed by atoms with Crippen LogP contribution in [0, 0.1) is 0 Å². The first-order valence-corrected chi connectivity index (χ1v) is 6.72. The Morgan fingerprint density at radius 1 is 1.24 bits per heavy atom. The monoisotopic (exact) mass is 291 g/mol. The molecule has 90 valence electrons. The third-order valence-corrected chi connectivity index (χ3v) is 3.48. The Morgan fingerprint density at radius 3 is 2.59 bits per heavy atom. The van der Waals surface area contributed by atoms with Gasteiger partial charge in [0.25, 0.3) is 10.0 Å². The molecule has 0 spiro atoms. The second-order valence-electron chi connectivity index (χ2n) is 3.22. The van der Waals surface area contributed by atoms with Crippen LogP contribution in [0.2, 0.25) is 10.0 Å². The predicted octanol–water partition coefficient (Wildman–Crippen LogP) is 1.83. The van der Waals surface area contributed by atoms with Crippen molar-refractivity contribution in [1.29, 1.82) is 0 Å². The van der Waals surface area contributed by atoms with Gasteiger partial charge in [0, 0.05) is 5.02 Å². The maximum atomic E-state index is 11.3. The minimum absolute atomic E-state index is 0.151. The molecule has 8 heteroatoms. The summed E-state index contributed by atoms with van der Waals surface area (Å²) in [6.45, 7) is 0. The first-order chi connectivity index (χ1) is 7.89. The smallest absolute Gasteiger partial charge is 0.223 e. The first kappa shape index (κ1) is 12.4. The molecule has 0 aliphatic heterocycles. The normalized spacial score (nSPS) is 11.7. The van der Waals surface area contributed by atoms with Crippen LogP contribution in [0.4, 0.5) is 0 Å². The van der Waals surface area contributed by atoms with Crippen molar-refractivity contribution in [2.45, 2.75) is 5.03 Å². The molecule has 2 aromatic rings. The molecule has 0 aliphatic carbocycles. The van der Waals surface area contributed by atoms with Crippen molar-refractivity contribution in [2.75, 3.05) is 0 Å². The highest BCUT2D eigenvalue weighted by molar-refractivity contribution is 7.89. The summed E-state index contributed by atoms with van der Waals surface area (Å²) in [4.78, 5) is 0. The molecule has 0 atom stereocenters. The zero-order chi connectivity index (χ0) is 12.6. The molecule has 0 radical (unpaired) electrons. The van der Waals surface area contributed by atoms with Crippen LogP contribution in [0.3, 0.4) is 0 Å². The largest absolute Gasteiger partial charge is 0.255 e. The van der Waals surface area contributed by atoms with Gasteiger partial charge in [0.15, 0.2) is 5.03 Å². The number of sulfonamides is 1. The maximum Gasteiger partial charge on any atom is 0.255 e. The zero-order valence-electron chi connectivity index (χ0n) is 8.34. The fourth-order valence-electron chi connectivity index (χ4n) is 1.34. The van der Waals surface area contributed by atoms with E-state index in [-0.39, 0.29) is 5.03 Å². The van der Waals surface area contributed by atoms with Crippen molar-refractivity contribution < 1.29 is 8.42 Å². The number of primary sulfonamides is 1. The van der Waals surface area contributed by atoms with Crippen molar-refractivity contribution in [1.82, 2.24) is 9.78 Å². The lowest BCUT2D eigenvalue weighted by molar-refractivity contribution is 0.587. The van der Waals surface area contributed by atoms with E-state index in [4.69, 9.17) is 28.3 Å². The minimum Gasteiger partial charge on any atom is -0.223 e. The lowest BCUT2D eigenvalue weighted by Crippen LogP contribution is -2.17. The first-order valence-electron chi connectivity index (χ1n) is 4.42. The molecule has 5 nitrogen and oxygen atoms in total. The summed E-state index contributed by atoms with van der Waals surface area (Å²) in [5.74, 6) is 0. The number of nitrogens with two attached hydrogens (primary N) is 1. The van der Waals surface area contributed by atoms with Crippen LogP contribution >= 0.6 is 23.2 Å². The second kappa shape index (κ2) is 4.30. The van der Waals surface area contributed by atoms with E-state index in [0.717, 1.165) is 4.68 Å². The van der Waals surface area contributed by atoms with E-state index in [1.807, 2.05) is 0 Å². The van der Waals surface area contributed by atoms with E-state index in [1.54, 1.807) is 12.1 Å². The quantitative estimate of drug-likeness (QED) is 0.917. The van der Waals surface area contributed by atoms with Gasteiger partial charge in [-0.05, 0) is 24.3 Å². The molecule has 0 unspecified atom stereocenters. The van der Waals surface area contributed by atoms with E-state index in [2.05, 4.69) is 5.10 Å². The Labute approximate surface area is 108 Å². The highest BCUT2D eigenvalue weighted by Crippen LogP contribution is 2.25. The fourth-order valence-corrected chi connectivity index (χ4v) is 2.34. The van der Waals surface area contributed by atoms with E-state index >= 15 is 0 Å². The summed E-state index contributed by atoms with van der Waals surface area (Å²) in [5.41, 5.74) is 0.355. The molecule has 1 heterocycles. The molecule has 0 aliphatic rings. The number of nitrogens with zero attached hydrogens (tertiary/aromatic N) is 2. The van der Waals surface area contributed by atoms with Crippen molar-refractivity contribution >= 4 is 33.2 Å².